The Bertz CT molecular complexity index is 1590. The van der Waals surface area contributed by atoms with Gasteiger partial charge in [-0.3, -0.25) is 13.9 Å². The number of benzene rings is 4. The average Bonchev–Trinajstić information content (AvgIpc) is 3.02. The minimum absolute atomic E-state index is 0.0357. The topological polar surface area (TPSA) is 96.0 Å². The molecule has 1 N–H and O–H groups in total. The van der Waals surface area contributed by atoms with Gasteiger partial charge in [0, 0.05) is 20.0 Å². The van der Waals surface area contributed by atoms with Crippen molar-refractivity contribution in [3.8, 4) is 5.75 Å². The molecule has 0 spiro atoms. The molecule has 0 saturated heterocycles. The summed E-state index contributed by atoms with van der Waals surface area (Å²) in [6, 6.07) is 30.9. The van der Waals surface area contributed by atoms with Gasteiger partial charge in [-0.15, -0.1) is 0 Å². The summed E-state index contributed by atoms with van der Waals surface area (Å²) in [6.07, 6.45) is 0.248. The first-order chi connectivity index (χ1) is 20.2. The number of nitrogens with zero attached hydrogens (tertiary/aromatic N) is 2. The largest absolute Gasteiger partial charge is 0.495 e. The van der Waals surface area contributed by atoms with Crippen LogP contribution in [0, 0.1) is 6.92 Å². The fourth-order valence-corrected chi connectivity index (χ4v) is 6.11. The van der Waals surface area contributed by atoms with E-state index in [9.17, 15) is 18.0 Å². The number of hydrogen-bond donors (Lipinski definition) is 1. The van der Waals surface area contributed by atoms with Crippen molar-refractivity contribution in [1.82, 2.24) is 10.2 Å². The van der Waals surface area contributed by atoms with Crippen molar-refractivity contribution < 1.29 is 22.7 Å². The van der Waals surface area contributed by atoms with Crippen LogP contribution in [0.3, 0.4) is 0 Å². The molecule has 0 saturated carbocycles. The third-order valence-electron chi connectivity index (χ3n) is 6.95. The van der Waals surface area contributed by atoms with Crippen molar-refractivity contribution in [1.29, 1.82) is 0 Å². The molecule has 0 aliphatic carbocycles. The van der Waals surface area contributed by atoms with Gasteiger partial charge >= 0.3 is 0 Å². The Balaban J connectivity index is 1.80. The van der Waals surface area contributed by atoms with E-state index >= 15 is 0 Å². The highest BCUT2D eigenvalue weighted by Gasteiger charge is 2.35. The molecule has 0 aliphatic rings. The first-order valence-electron chi connectivity index (χ1n) is 13.6. The van der Waals surface area contributed by atoms with E-state index in [2.05, 4.69) is 5.32 Å². The van der Waals surface area contributed by atoms with Gasteiger partial charge in [-0.2, -0.15) is 0 Å². The molecule has 1 unspecified atom stereocenters. The average molecular weight is 586 g/mol. The van der Waals surface area contributed by atoms with Gasteiger partial charge in [0.2, 0.25) is 11.8 Å². The molecule has 0 aliphatic heterocycles. The van der Waals surface area contributed by atoms with E-state index in [1.54, 1.807) is 36.4 Å². The number of methoxy groups -OCH3 is 1. The lowest BCUT2D eigenvalue weighted by atomic mass is 10.0. The van der Waals surface area contributed by atoms with Crippen molar-refractivity contribution in [2.75, 3.05) is 25.0 Å². The Kier molecular flexibility index (Phi) is 9.98. The molecule has 0 bridgehead atoms. The Morgan fingerprint density at radius 2 is 1.38 bits per heavy atom. The van der Waals surface area contributed by atoms with Crippen LogP contribution in [-0.2, 0) is 32.6 Å². The quantitative estimate of drug-likeness (QED) is 0.263. The van der Waals surface area contributed by atoms with Crippen LogP contribution in [0.25, 0.3) is 0 Å². The zero-order valence-electron chi connectivity index (χ0n) is 23.9. The highest BCUT2D eigenvalue weighted by molar-refractivity contribution is 7.92. The Morgan fingerprint density at radius 1 is 0.810 bits per heavy atom. The summed E-state index contributed by atoms with van der Waals surface area (Å²) in [5.74, 6) is -0.596. The molecule has 42 heavy (non-hydrogen) atoms. The Labute approximate surface area is 247 Å². The van der Waals surface area contributed by atoms with Crippen LogP contribution in [0.15, 0.2) is 114 Å². The third kappa shape index (κ3) is 7.16. The lowest BCUT2D eigenvalue weighted by Gasteiger charge is -2.33. The van der Waals surface area contributed by atoms with E-state index in [0.717, 1.165) is 21.0 Å². The van der Waals surface area contributed by atoms with E-state index in [-0.39, 0.29) is 29.5 Å². The van der Waals surface area contributed by atoms with Gasteiger partial charge in [-0.1, -0.05) is 90.5 Å². The van der Waals surface area contributed by atoms with Crippen molar-refractivity contribution in [2.24, 2.45) is 0 Å². The zero-order chi connectivity index (χ0) is 30.1. The SMILES string of the molecule is CNC(=O)C(Cc1ccccc1)N(Cc1ccccc1)C(=O)CN(c1ccccc1OC)S(=O)(=O)c1ccc(C)cc1. The molecule has 4 aromatic rings. The van der Waals surface area contributed by atoms with E-state index in [1.807, 2.05) is 67.6 Å². The molecule has 9 heteroatoms. The number of amides is 2. The van der Waals surface area contributed by atoms with Crippen LogP contribution in [0.5, 0.6) is 5.75 Å². The maximum atomic E-state index is 14.3. The van der Waals surface area contributed by atoms with Gasteiger partial charge < -0.3 is 15.0 Å². The number of carbonyl (C=O) groups is 2. The van der Waals surface area contributed by atoms with Crippen LogP contribution in [0.1, 0.15) is 16.7 Å². The summed E-state index contributed by atoms with van der Waals surface area (Å²) in [5.41, 5.74) is 2.79. The van der Waals surface area contributed by atoms with Crippen LogP contribution in [0.2, 0.25) is 0 Å². The van der Waals surface area contributed by atoms with Crippen LogP contribution in [0.4, 0.5) is 5.69 Å². The van der Waals surface area contributed by atoms with E-state index in [0.29, 0.717) is 5.75 Å². The second-order valence-electron chi connectivity index (χ2n) is 9.82. The molecule has 0 aromatic heterocycles. The van der Waals surface area contributed by atoms with Gasteiger partial charge in [0.05, 0.1) is 17.7 Å². The van der Waals surface area contributed by atoms with Crippen LogP contribution < -0.4 is 14.4 Å². The molecule has 0 fully saturated rings. The zero-order valence-corrected chi connectivity index (χ0v) is 24.8. The molecule has 4 rings (SSSR count). The number of ether oxygens (including phenoxy) is 1. The second kappa shape index (κ2) is 13.8. The number of aryl methyl sites for hydroxylation is 1. The van der Waals surface area contributed by atoms with Gasteiger partial charge in [-0.05, 0) is 42.3 Å². The van der Waals surface area contributed by atoms with Crippen molar-refractivity contribution >= 4 is 27.5 Å². The molecule has 2 amide bonds. The first kappa shape index (κ1) is 30.3. The minimum Gasteiger partial charge on any atom is -0.495 e. The monoisotopic (exact) mass is 585 g/mol. The van der Waals surface area contributed by atoms with E-state index in [4.69, 9.17) is 4.74 Å². The van der Waals surface area contributed by atoms with Gasteiger partial charge in [0.1, 0.15) is 18.3 Å². The molecule has 1 atom stereocenters. The number of rotatable bonds is 12. The summed E-state index contributed by atoms with van der Waals surface area (Å²) in [6.45, 7) is 1.42. The van der Waals surface area contributed by atoms with Gasteiger partial charge in [0.15, 0.2) is 0 Å². The standard InChI is InChI=1S/C33H35N3O5S/c1-25-18-20-28(21-19-25)42(39,40)36(29-16-10-11-17-31(29)41-3)24-32(37)35(23-27-14-8-5-9-15-27)30(33(38)34-2)22-26-12-6-4-7-13-26/h4-21,30H,22-24H2,1-3H3,(H,34,38). The number of hydrogen-bond acceptors (Lipinski definition) is 5. The number of sulfonamides is 1. The Morgan fingerprint density at radius 3 is 1.98 bits per heavy atom. The fourth-order valence-electron chi connectivity index (χ4n) is 4.69. The van der Waals surface area contributed by atoms with Gasteiger partial charge in [0.25, 0.3) is 10.0 Å². The lowest BCUT2D eigenvalue weighted by molar-refractivity contribution is -0.139. The second-order valence-corrected chi connectivity index (χ2v) is 11.7. The number of anilines is 1. The minimum atomic E-state index is -4.21. The molecule has 0 heterocycles. The maximum Gasteiger partial charge on any atom is 0.264 e. The number of carbonyl (C=O) groups excluding carboxylic acids is 2. The van der Waals surface area contributed by atoms with Crippen molar-refractivity contribution in [2.45, 2.75) is 30.8 Å². The molecule has 0 radical (unpaired) electrons. The summed E-state index contributed by atoms with van der Waals surface area (Å²) < 4.78 is 34.8. The molecule has 8 nitrogen and oxygen atoms in total. The van der Waals surface area contributed by atoms with Crippen LogP contribution in [-0.4, -0.2) is 51.9 Å². The molecular weight excluding hydrogens is 550 g/mol. The van der Waals surface area contributed by atoms with Crippen LogP contribution >= 0.6 is 0 Å². The van der Waals surface area contributed by atoms with E-state index in [1.165, 1.54) is 31.2 Å². The smallest absolute Gasteiger partial charge is 0.264 e. The summed E-state index contributed by atoms with van der Waals surface area (Å²) in [7, 11) is -1.24. The number of para-hydroxylation sites is 2. The summed E-state index contributed by atoms with van der Waals surface area (Å²) in [4.78, 5) is 29.1. The highest BCUT2D eigenvalue weighted by Crippen LogP contribution is 2.32. The molecular formula is C33H35N3O5S. The number of nitrogens with one attached hydrogen (secondary N) is 1. The fraction of sp³-hybridized carbons (Fsp3) is 0.212. The van der Waals surface area contributed by atoms with Crippen molar-refractivity contribution in [3.05, 3.63) is 126 Å². The first-order valence-corrected chi connectivity index (χ1v) is 15.0. The predicted octanol–water partition coefficient (Wildman–Crippen LogP) is 4.59. The maximum absolute atomic E-state index is 14.3. The summed E-state index contributed by atoms with van der Waals surface area (Å²) >= 11 is 0. The molecule has 218 valence electrons. The van der Waals surface area contributed by atoms with Crippen molar-refractivity contribution in [3.63, 3.8) is 0 Å². The predicted molar refractivity (Wildman–Crippen MR) is 164 cm³/mol. The van der Waals surface area contributed by atoms with Gasteiger partial charge in [-0.25, -0.2) is 8.42 Å². The normalized spacial score (nSPS) is 11.8. The molecule has 4 aromatic carbocycles. The third-order valence-corrected chi connectivity index (χ3v) is 8.73. The lowest BCUT2D eigenvalue weighted by Crippen LogP contribution is -2.53. The Hall–Kier alpha value is -4.63. The summed E-state index contributed by atoms with van der Waals surface area (Å²) in [5, 5.41) is 2.69. The number of likely N-dealkylation sites (N-methyl/N-ethyl adjacent to an activating group) is 1. The highest BCUT2D eigenvalue weighted by atomic mass is 32.2. The van der Waals surface area contributed by atoms with E-state index < -0.39 is 28.5 Å².